The fourth-order valence-electron chi connectivity index (χ4n) is 9.77. The Labute approximate surface area is 288 Å². The van der Waals surface area contributed by atoms with Gasteiger partial charge in [-0.3, -0.25) is 4.90 Å². The molecule has 0 amide bonds. The number of aromatic nitrogens is 2. The SMILES string of the molecule is c1ccc(-c2nc(N3c4cc5oc6ccccc6c5cc4C45CCC(c6ccccc64)c4cccc3c45)nc3ccc4ccccc4c23)cc1. The van der Waals surface area contributed by atoms with E-state index in [1.807, 2.05) is 6.07 Å². The van der Waals surface area contributed by atoms with Crippen LogP contribution in [0, 0.1) is 0 Å². The molecule has 4 nitrogen and oxygen atoms in total. The van der Waals surface area contributed by atoms with Gasteiger partial charge < -0.3 is 4.42 Å². The molecule has 2 bridgehead atoms. The first-order valence-corrected chi connectivity index (χ1v) is 17.5. The number of furan rings is 1. The fourth-order valence-corrected chi connectivity index (χ4v) is 9.77. The number of benzene rings is 7. The Morgan fingerprint density at radius 1 is 0.600 bits per heavy atom. The molecule has 2 unspecified atom stereocenters. The van der Waals surface area contributed by atoms with Gasteiger partial charge >= 0.3 is 0 Å². The summed E-state index contributed by atoms with van der Waals surface area (Å²) in [6, 6.07) is 52.6. The molecule has 234 valence electrons. The molecule has 9 aromatic rings. The van der Waals surface area contributed by atoms with E-state index in [-0.39, 0.29) is 5.41 Å². The Hall–Kier alpha value is -6.26. The highest BCUT2D eigenvalue weighted by atomic mass is 16.3. The first-order valence-electron chi connectivity index (χ1n) is 17.5. The van der Waals surface area contributed by atoms with Gasteiger partial charge in [0.05, 0.1) is 22.6 Å². The van der Waals surface area contributed by atoms with Crippen molar-refractivity contribution in [1.29, 1.82) is 0 Å². The van der Waals surface area contributed by atoms with Crippen molar-refractivity contribution < 1.29 is 4.42 Å². The summed E-state index contributed by atoms with van der Waals surface area (Å²) in [4.78, 5) is 13.3. The van der Waals surface area contributed by atoms with E-state index in [4.69, 9.17) is 14.4 Å². The molecule has 4 aliphatic rings. The summed E-state index contributed by atoms with van der Waals surface area (Å²) in [6.07, 6.45) is 2.18. The lowest BCUT2D eigenvalue weighted by Gasteiger charge is -2.54. The Morgan fingerprint density at radius 3 is 2.34 bits per heavy atom. The second-order valence-electron chi connectivity index (χ2n) is 14.0. The van der Waals surface area contributed by atoms with Crippen LogP contribution in [0.2, 0.25) is 0 Å². The van der Waals surface area contributed by atoms with Crippen LogP contribution >= 0.6 is 0 Å². The van der Waals surface area contributed by atoms with Crippen molar-refractivity contribution in [2.75, 3.05) is 4.90 Å². The van der Waals surface area contributed by atoms with Crippen molar-refractivity contribution in [3.8, 4) is 11.3 Å². The minimum Gasteiger partial charge on any atom is -0.456 e. The predicted octanol–water partition coefficient (Wildman–Crippen LogP) is 11.7. The third kappa shape index (κ3) is 3.26. The molecule has 50 heavy (non-hydrogen) atoms. The first-order chi connectivity index (χ1) is 24.8. The van der Waals surface area contributed by atoms with E-state index in [0.29, 0.717) is 11.9 Å². The van der Waals surface area contributed by atoms with Gasteiger partial charge in [-0.25, -0.2) is 9.97 Å². The monoisotopic (exact) mass is 639 g/mol. The molecule has 3 aliphatic carbocycles. The zero-order valence-corrected chi connectivity index (χ0v) is 27.1. The second kappa shape index (κ2) is 9.46. The van der Waals surface area contributed by atoms with Gasteiger partial charge in [-0.05, 0) is 75.7 Å². The van der Waals surface area contributed by atoms with Crippen molar-refractivity contribution in [3.05, 3.63) is 173 Å². The molecular weight excluding hydrogens is 611 g/mol. The molecule has 1 spiro atoms. The summed E-state index contributed by atoms with van der Waals surface area (Å²) in [7, 11) is 0. The van der Waals surface area contributed by atoms with Crippen molar-refractivity contribution in [2.45, 2.75) is 24.2 Å². The van der Waals surface area contributed by atoms with Crippen LogP contribution in [0.15, 0.2) is 150 Å². The predicted molar refractivity (Wildman–Crippen MR) is 202 cm³/mol. The smallest absolute Gasteiger partial charge is 0.235 e. The molecule has 1 aliphatic heterocycles. The average Bonchev–Trinajstić information content (AvgIpc) is 3.55. The number of hydrogen-bond donors (Lipinski definition) is 0. The van der Waals surface area contributed by atoms with E-state index in [1.54, 1.807) is 0 Å². The largest absolute Gasteiger partial charge is 0.456 e. The summed E-state index contributed by atoms with van der Waals surface area (Å²) in [5.74, 6) is 1.04. The van der Waals surface area contributed by atoms with Crippen LogP contribution < -0.4 is 4.90 Å². The Kier molecular flexibility index (Phi) is 5.04. The molecule has 0 saturated carbocycles. The maximum Gasteiger partial charge on any atom is 0.235 e. The Balaban J connectivity index is 1.23. The molecular formula is C46H29N3O. The van der Waals surface area contributed by atoms with Crippen molar-refractivity contribution >= 4 is 60.9 Å². The zero-order chi connectivity index (χ0) is 32.6. The average molecular weight is 640 g/mol. The maximum absolute atomic E-state index is 6.59. The molecule has 2 aromatic heterocycles. The van der Waals surface area contributed by atoms with Crippen molar-refractivity contribution in [1.82, 2.24) is 9.97 Å². The standard InChI is InChI=1S/C46H29N3O/c1-2-12-28(13-3-1)44-42-29-14-5-4-11-27(29)21-22-37(42)47-45(48-44)49-38-19-10-17-33-30-23-24-46(43(33)38,35-18-8-6-15-31(30)35)36-25-34-32-16-7-9-20-40(32)50-41(34)26-39(36)49/h1-22,25-26,30H,23-24H2. The van der Waals surface area contributed by atoms with Crippen LogP contribution in [0.3, 0.4) is 0 Å². The van der Waals surface area contributed by atoms with E-state index in [1.165, 1.54) is 33.2 Å². The highest BCUT2D eigenvalue weighted by Crippen LogP contribution is 2.66. The van der Waals surface area contributed by atoms with Gasteiger partial charge in [-0.15, -0.1) is 0 Å². The summed E-state index contributed by atoms with van der Waals surface area (Å²) < 4.78 is 6.59. The molecule has 2 atom stereocenters. The van der Waals surface area contributed by atoms with Gasteiger partial charge in [0.15, 0.2) is 0 Å². The zero-order valence-electron chi connectivity index (χ0n) is 27.1. The van der Waals surface area contributed by atoms with Gasteiger partial charge in [0.2, 0.25) is 5.95 Å². The van der Waals surface area contributed by atoms with Crippen LogP contribution in [0.5, 0.6) is 0 Å². The normalized spacial score (nSPS) is 18.5. The number of hydrogen-bond acceptors (Lipinski definition) is 4. The highest BCUT2D eigenvalue weighted by molar-refractivity contribution is 6.13. The van der Waals surface area contributed by atoms with Crippen LogP contribution in [-0.2, 0) is 5.41 Å². The third-order valence-electron chi connectivity index (χ3n) is 11.7. The lowest BCUT2D eigenvalue weighted by molar-refractivity contribution is 0.425. The minimum absolute atomic E-state index is 0.287. The molecule has 13 rings (SSSR count). The van der Waals surface area contributed by atoms with Crippen LogP contribution in [0.4, 0.5) is 17.3 Å². The van der Waals surface area contributed by atoms with E-state index >= 15 is 0 Å². The third-order valence-corrected chi connectivity index (χ3v) is 11.7. The lowest BCUT2D eigenvalue weighted by Crippen LogP contribution is -2.45. The quantitative estimate of drug-likeness (QED) is 0.177. The number of nitrogens with zero attached hydrogens (tertiary/aromatic N) is 3. The molecule has 0 fully saturated rings. The first kappa shape index (κ1) is 26.7. The maximum atomic E-state index is 6.59. The van der Waals surface area contributed by atoms with Crippen LogP contribution in [0.1, 0.15) is 46.6 Å². The van der Waals surface area contributed by atoms with E-state index in [9.17, 15) is 0 Å². The molecule has 7 aromatic carbocycles. The van der Waals surface area contributed by atoms with Crippen LogP contribution in [-0.4, -0.2) is 9.97 Å². The number of fused-ring (bicyclic) bond motifs is 8. The Bertz CT molecular complexity index is 2910. The summed E-state index contributed by atoms with van der Waals surface area (Å²) in [5, 5.41) is 5.70. The highest BCUT2D eigenvalue weighted by Gasteiger charge is 2.55. The van der Waals surface area contributed by atoms with Gasteiger partial charge in [-0.1, -0.05) is 115 Å². The topological polar surface area (TPSA) is 42.2 Å². The number of rotatable bonds is 2. The van der Waals surface area contributed by atoms with Gasteiger partial charge in [0, 0.05) is 39.1 Å². The summed E-state index contributed by atoms with van der Waals surface area (Å²) in [6.45, 7) is 0. The van der Waals surface area contributed by atoms with E-state index in [0.717, 1.165) is 73.7 Å². The summed E-state index contributed by atoms with van der Waals surface area (Å²) in [5.41, 5.74) is 13.7. The molecule has 0 N–H and O–H groups in total. The van der Waals surface area contributed by atoms with Gasteiger partial charge in [0.25, 0.3) is 0 Å². The second-order valence-corrected chi connectivity index (χ2v) is 14.0. The lowest BCUT2D eigenvalue weighted by atomic mass is 9.51. The molecule has 3 heterocycles. The fraction of sp³-hybridized carbons (Fsp3) is 0.0870. The summed E-state index contributed by atoms with van der Waals surface area (Å²) >= 11 is 0. The van der Waals surface area contributed by atoms with E-state index in [2.05, 4.69) is 144 Å². The van der Waals surface area contributed by atoms with Crippen molar-refractivity contribution in [2.24, 2.45) is 0 Å². The minimum atomic E-state index is -0.287. The number of anilines is 3. The van der Waals surface area contributed by atoms with Gasteiger partial charge in [0.1, 0.15) is 11.2 Å². The molecule has 0 saturated heterocycles. The molecule has 0 radical (unpaired) electrons. The van der Waals surface area contributed by atoms with E-state index < -0.39 is 0 Å². The van der Waals surface area contributed by atoms with Crippen molar-refractivity contribution in [3.63, 3.8) is 0 Å². The number of para-hydroxylation sites is 1. The molecule has 4 heteroatoms. The van der Waals surface area contributed by atoms with Gasteiger partial charge in [-0.2, -0.15) is 0 Å². The Morgan fingerprint density at radius 2 is 1.40 bits per heavy atom. The van der Waals surface area contributed by atoms with Crippen LogP contribution in [0.25, 0.3) is 54.9 Å².